The molecule has 2 aromatic carbocycles. The molecule has 0 aliphatic heterocycles. The molecule has 1 unspecified atom stereocenters. The van der Waals surface area contributed by atoms with Gasteiger partial charge < -0.3 is 15.0 Å². The van der Waals surface area contributed by atoms with Crippen LogP contribution in [-0.4, -0.2) is 32.1 Å². The van der Waals surface area contributed by atoms with Crippen LogP contribution in [0.2, 0.25) is 0 Å². The predicted octanol–water partition coefficient (Wildman–Crippen LogP) is 1.66. The fourth-order valence-corrected chi connectivity index (χ4v) is 2.41. The molecule has 1 atom stereocenters. The van der Waals surface area contributed by atoms with Crippen LogP contribution in [-0.2, 0) is 16.1 Å². The van der Waals surface area contributed by atoms with Crippen LogP contribution in [0.25, 0.3) is 0 Å². The molecule has 0 aliphatic rings. The Kier molecular flexibility index (Phi) is 6.65. The molecule has 5 nitrogen and oxygen atoms in total. The Morgan fingerprint density at radius 2 is 1.80 bits per heavy atom. The SMILES string of the molecule is CCOC(=O)c1ccc(NC(=O)C[NH+](C)Cc2ccccc2F)cc1. The van der Waals surface area contributed by atoms with Crippen molar-refractivity contribution in [2.24, 2.45) is 0 Å². The summed E-state index contributed by atoms with van der Waals surface area (Å²) < 4.78 is 18.5. The van der Waals surface area contributed by atoms with Crippen LogP contribution >= 0.6 is 0 Å². The first-order chi connectivity index (χ1) is 12.0. The van der Waals surface area contributed by atoms with Gasteiger partial charge in [-0.25, -0.2) is 9.18 Å². The van der Waals surface area contributed by atoms with Gasteiger partial charge in [-0.05, 0) is 37.3 Å². The first-order valence-electron chi connectivity index (χ1n) is 8.11. The minimum Gasteiger partial charge on any atom is -0.462 e. The van der Waals surface area contributed by atoms with E-state index in [-0.39, 0.29) is 18.3 Å². The van der Waals surface area contributed by atoms with Crippen LogP contribution in [0.3, 0.4) is 0 Å². The number of hydrogen-bond donors (Lipinski definition) is 2. The fourth-order valence-electron chi connectivity index (χ4n) is 2.41. The third kappa shape index (κ3) is 5.69. The molecular weight excluding hydrogens is 323 g/mol. The minimum absolute atomic E-state index is 0.183. The number of anilines is 1. The van der Waals surface area contributed by atoms with Gasteiger partial charge in [0, 0.05) is 11.3 Å². The van der Waals surface area contributed by atoms with E-state index >= 15 is 0 Å². The molecular formula is C19H22FN2O3+. The Balaban J connectivity index is 1.87. The molecule has 0 heterocycles. The largest absolute Gasteiger partial charge is 0.462 e. The number of likely N-dealkylation sites (N-methyl/N-ethyl adjacent to an activating group) is 1. The van der Waals surface area contributed by atoms with Gasteiger partial charge in [-0.1, -0.05) is 18.2 Å². The first kappa shape index (κ1) is 18.6. The third-order valence-corrected chi connectivity index (χ3v) is 3.59. The van der Waals surface area contributed by atoms with Crippen molar-refractivity contribution in [2.45, 2.75) is 13.5 Å². The monoisotopic (exact) mass is 345 g/mol. The summed E-state index contributed by atoms with van der Waals surface area (Å²) in [6, 6.07) is 13.0. The molecule has 0 radical (unpaired) electrons. The molecule has 0 aromatic heterocycles. The smallest absolute Gasteiger partial charge is 0.338 e. The van der Waals surface area contributed by atoms with Gasteiger partial charge in [0.15, 0.2) is 6.54 Å². The lowest BCUT2D eigenvalue weighted by Crippen LogP contribution is -3.08. The predicted molar refractivity (Wildman–Crippen MR) is 92.9 cm³/mol. The summed E-state index contributed by atoms with van der Waals surface area (Å²) in [5, 5.41) is 2.77. The Hall–Kier alpha value is -2.73. The van der Waals surface area contributed by atoms with Crippen molar-refractivity contribution in [3.05, 3.63) is 65.5 Å². The van der Waals surface area contributed by atoms with E-state index in [1.54, 1.807) is 49.4 Å². The molecule has 2 N–H and O–H groups in total. The van der Waals surface area contributed by atoms with Gasteiger partial charge in [-0.15, -0.1) is 0 Å². The number of carbonyl (C=O) groups is 2. The number of benzene rings is 2. The van der Waals surface area contributed by atoms with Crippen molar-refractivity contribution in [2.75, 3.05) is 25.5 Å². The summed E-state index contributed by atoms with van der Waals surface area (Å²) in [7, 11) is 1.83. The average molecular weight is 345 g/mol. The van der Waals surface area contributed by atoms with E-state index in [1.807, 2.05) is 7.05 Å². The zero-order chi connectivity index (χ0) is 18.2. The fraction of sp³-hybridized carbons (Fsp3) is 0.263. The van der Waals surface area contributed by atoms with Gasteiger partial charge in [0.2, 0.25) is 0 Å². The molecule has 0 saturated carbocycles. The maximum atomic E-state index is 13.6. The second kappa shape index (κ2) is 8.94. The molecule has 0 spiro atoms. The maximum absolute atomic E-state index is 13.6. The van der Waals surface area contributed by atoms with Crippen LogP contribution in [0.4, 0.5) is 10.1 Å². The summed E-state index contributed by atoms with van der Waals surface area (Å²) in [5.41, 5.74) is 1.60. The van der Waals surface area contributed by atoms with E-state index in [0.717, 1.165) is 4.90 Å². The lowest BCUT2D eigenvalue weighted by atomic mass is 10.2. The normalized spacial score (nSPS) is 11.6. The number of rotatable bonds is 7. The topological polar surface area (TPSA) is 59.8 Å². The highest BCUT2D eigenvalue weighted by Crippen LogP contribution is 2.10. The Labute approximate surface area is 146 Å². The van der Waals surface area contributed by atoms with Gasteiger partial charge in [0.05, 0.1) is 19.2 Å². The van der Waals surface area contributed by atoms with E-state index in [1.165, 1.54) is 6.07 Å². The summed E-state index contributed by atoms with van der Waals surface area (Å²) in [4.78, 5) is 24.5. The highest BCUT2D eigenvalue weighted by molar-refractivity contribution is 5.93. The maximum Gasteiger partial charge on any atom is 0.338 e. The number of halogens is 1. The molecule has 0 saturated heterocycles. The summed E-state index contributed by atoms with van der Waals surface area (Å²) in [6.45, 7) is 2.68. The van der Waals surface area contributed by atoms with Crippen molar-refractivity contribution in [1.82, 2.24) is 0 Å². The van der Waals surface area contributed by atoms with Gasteiger partial charge in [-0.2, -0.15) is 0 Å². The first-order valence-corrected chi connectivity index (χ1v) is 8.11. The lowest BCUT2D eigenvalue weighted by Gasteiger charge is -2.14. The van der Waals surface area contributed by atoms with Gasteiger partial charge in [0.1, 0.15) is 12.4 Å². The third-order valence-electron chi connectivity index (χ3n) is 3.59. The molecule has 25 heavy (non-hydrogen) atoms. The number of hydrogen-bond acceptors (Lipinski definition) is 3. The second-order valence-corrected chi connectivity index (χ2v) is 5.75. The molecule has 132 valence electrons. The van der Waals surface area contributed by atoms with Crippen molar-refractivity contribution in [3.63, 3.8) is 0 Å². The number of esters is 1. The van der Waals surface area contributed by atoms with Crippen LogP contribution in [0, 0.1) is 5.82 Å². The Morgan fingerprint density at radius 1 is 1.12 bits per heavy atom. The van der Waals surface area contributed by atoms with E-state index in [2.05, 4.69) is 5.32 Å². The van der Waals surface area contributed by atoms with E-state index in [9.17, 15) is 14.0 Å². The van der Waals surface area contributed by atoms with Gasteiger partial charge in [-0.3, -0.25) is 4.79 Å². The van der Waals surface area contributed by atoms with Crippen LogP contribution in [0.5, 0.6) is 0 Å². The van der Waals surface area contributed by atoms with Crippen molar-refractivity contribution in [3.8, 4) is 0 Å². The van der Waals surface area contributed by atoms with Crippen molar-refractivity contribution >= 4 is 17.6 Å². The zero-order valence-corrected chi connectivity index (χ0v) is 14.3. The standard InChI is InChI=1S/C19H21FN2O3/c1-3-25-19(24)14-8-10-16(11-9-14)21-18(23)13-22(2)12-15-6-4-5-7-17(15)20/h4-11H,3,12-13H2,1-2H3,(H,21,23)/p+1. The van der Waals surface area contributed by atoms with Gasteiger partial charge in [0.25, 0.3) is 5.91 Å². The number of amides is 1. The molecule has 0 bridgehead atoms. The zero-order valence-electron chi connectivity index (χ0n) is 14.3. The van der Waals surface area contributed by atoms with Crippen LogP contribution < -0.4 is 10.2 Å². The molecule has 0 fully saturated rings. The number of ether oxygens (including phenoxy) is 1. The van der Waals surface area contributed by atoms with E-state index in [4.69, 9.17) is 4.74 Å². The van der Waals surface area contributed by atoms with E-state index in [0.29, 0.717) is 30.0 Å². The van der Waals surface area contributed by atoms with E-state index < -0.39 is 5.97 Å². The summed E-state index contributed by atoms with van der Waals surface area (Å²) in [5.74, 6) is -0.844. The number of nitrogens with one attached hydrogen (secondary N) is 2. The Bertz CT molecular complexity index is 732. The molecule has 2 aromatic rings. The summed E-state index contributed by atoms with van der Waals surface area (Å²) in [6.07, 6.45) is 0. The average Bonchev–Trinajstić information content (AvgIpc) is 2.57. The van der Waals surface area contributed by atoms with Gasteiger partial charge >= 0.3 is 5.97 Å². The highest BCUT2D eigenvalue weighted by atomic mass is 19.1. The summed E-state index contributed by atoms with van der Waals surface area (Å²) >= 11 is 0. The molecule has 1 amide bonds. The molecule has 2 rings (SSSR count). The van der Waals surface area contributed by atoms with Crippen LogP contribution in [0.1, 0.15) is 22.8 Å². The van der Waals surface area contributed by atoms with Crippen molar-refractivity contribution in [1.29, 1.82) is 0 Å². The minimum atomic E-state index is -0.394. The van der Waals surface area contributed by atoms with Crippen molar-refractivity contribution < 1.29 is 23.6 Å². The lowest BCUT2D eigenvalue weighted by molar-refractivity contribution is -0.885. The number of carbonyl (C=O) groups excluding carboxylic acids is 2. The number of quaternary nitrogens is 1. The molecule has 6 heteroatoms. The second-order valence-electron chi connectivity index (χ2n) is 5.75. The van der Waals surface area contributed by atoms with Crippen LogP contribution in [0.15, 0.2) is 48.5 Å². The quantitative estimate of drug-likeness (QED) is 0.751. The highest BCUT2D eigenvalue weighted by Gasteiger charge is 2.13. The Morgan fingerprint density at radius 3 is 2.44 bits per heavy atom. The molecule has 0 aliphatic carbocycles.